The predicted octanol–water partition coefficient (Wildman–Crippen LogP) is 1.11. The van der Waals surface area contributed by atoms with Gasteiger partial charge < -0.3 is 10.1 Å². The maximum absolute atomic E-state index is 5.52. The maximum Gasteiger partial charge on any atom is 0.0793 e. The van der Waals surface area contributed by atoms with Crippen molar-refractivity contribution < 1.29 is 4.74 Å². The Morgan fingerprint density at radius 2 is 2.45 bits per heavy atom. The Kier molecular flexibility index (Phi) is 3.94. The van der Waals surface area contributed by atoms with Gasteiger partial charge in [-0.15, -0.1) is 0 Å². The van der Waals surface area contributed by atoms with Crippen LogP contribution in [0, 0.1) is 0 Å². The fourth-order valence-electron chi connectivity index (χ4n) is 0.994. The molecule has 62 valence electrons. The van der Waals surface area contributed by atoms with Crippen molar-refractivity contribution in [3.8, 4) is 0 Å². The molecule has 2 nitrogen and oxygen atoms in total. The van der Waals surface area contributed by atoms with E-state index in [4.69, 9.17) is 4.74 Å². The van der Waals surface area contributed by atoms with Gasteiger partial charge in [0.2, 0.25) is 0 Å². The Morgan fingerprint density at radius 1 is 1.55 bits per heavy atom. The van der Waals surface area contributed by atoms with Gasteiger partial charge in [0.1, 0.15) is 0 Å². The summed E-state index contributed by atoms with van der Waals surface area (Å²) in [4.78, 5) is 0. The third kappa shape index (κ3) is 3.35. The number of rotatable bonds is 4. The van der Waals surface area contributed by atoms with Crippen molar-refractivity contribution in [1.82, 2.24) is 5.32 Å². The molecular formula is C9H15NO. The minimum atomic E-state index is 0.299. The second-order valence-corrected chi connectivity index (χ2v) is 2.56. The quantitative estimate of drug-likeness (QED) is 0.611. The number of nitrogens with one attached hydrogen (secondary N) is 1. The van der Waals surface area contributed by atoms with Gasteiger partial charge in [0.15, 0.2) is 0 Å². The molecule has 0 saturated heterocycles. The zero-order valence-electron chi connectivity index (χ0n) is 6.92. The third-order valence-electron chi connectivity index (χ3n) is 1.63. The smallest absolute Gasteiger partial charge is 0.0793 e. The van der Waals surface area contributed by atoms with Crippen LogP contribution in [0.2, 0.25) is 0 Å². The summed E-state index contributed by atoms with van der Waals surface area (Å²) in [7, 11) is 1.93. The van der Waals surface area contributed by atoms with Gasteiger partial charge in [-0.05, 0) is 13.5 Å². The average molecular weight is 153 g/mol. The molecule has 0 spiro atoms. The van der Waals surface area contributed by atoms with Crippen LogP contribution in [0.15, 0.2) is 24.3 Å². The van der Waals surface area contributed by atoms with Crippen molar-refractivity contribution in [2.24, 2.45) is 0 Å². The van der Waals surface area contributed by atoms with Gasteiger partial charge >= 0.3 is 0 Å². The molecule has 0 heterocycles. The molecule has 0 aromatic heterocycles. The summed E-state index contributed by atoms with van der Waals surface area (Å²) in [5.74, 6) is 0. The van der Waals surface area contributed by atoms with Crippen molar-refractivity contribution >= 4 is 0 Å². The zero-order chi connectivity index (χ0) is 7.94. The average Bonchev–Trinajstić information content (AvgIpc) is 2.07. The number of hydrogen-bond acceptors (Lipinski definition) is 2. The molecule has 11 heavy (non-hydrogen) atoms. The van der Waals surface area contributed by atoms with E-state index in [0.717, 1.165) is 19.6 Å². The van der Waals surface area contributed by atoms with E-state index < -0.39 is 0 Å². The molecule has 1 N–H and O–H groups in total. The molecule has 0 saturated carbocycles. The maximum atomic E-state index is 5.52. The molecule has 1 atom stereocenters. The van der Waals surface area contributed by atoms with E-state index in [2.05, 4.69) is 23.5 Å². The number of likely N-dealkylation sites (N-methyl/N-ethyl adjacent to an activating group) is 1. The number of allylic oxidation sites excluding steroid dienone is 2. The van der Waals surface area contributed by atoms with Crippen LogP contribution < -0.4 is 5.32 Å². The molecule has 1 aliphatic rings. The van der Waals surface area contributed by atoms with Crippen LogP contribution in [0.4, 0.5) is 0 Å². The lowest BCUT2D eigenvalue weighted by atomic mass is 10.1. The van der Waals surface area contributed by atoms with Gasteiger partial charge in [0.05, 0.1) is 12.7 Å². The van der Waals surface area contributed by atoms with Gasteiger partial charge in [-0.2, -0.15) is 0 Å². The van der Waals surface area contributed by atoms with Gasteiger partial charge in [-0.25, -0.2) is 0 Å². The molecule has 0 aliphatic heterocycles. The number of hydrogen-bond donors (Lipinski definition) is 1. The van der Waals surface area contributed by atoms with E-state index in [0.29, 0.717) is 6.10 Å². The minimum absolute atomic E-state index is 0.299. The Hall–Kier alpha value is -0.600. The first-order valence-corrected chi connectivity index (χ1v) is 4.03. The van der Waals surface area contributed by atoms with Crippen molar-refractivity contribution in [2.75, 3.05) is 20.2 Å². The summed E-state index contributed by atoms with van der Waals surface area (Å²) in [6.07, 6.45) is 9.62. The van der Waals surface area contributed by atoms with E-state index >= 15 is 0 Å². The van der Waals surface area contributed by atoms with Crippen molar-refractivity contribution in [3.05, 3.63) is 24.3 Å². The fraction of sp³-hybridized carbons (Fsp3) is 0.556. The Labute approximate surface area is 67.9 Å². The molecule has 1 rings (SSSR count). The summed E-state index contributed by atoms with van der Waals surface area (Å²) in [5.41, 5.74) is 0. The third-order valence-corrected chi connectivity index (χ3v) is 1.63. The number of ether oxygens (including phenoxy) is 1. The molecule has 0 unspecified atom stereocenters. The minimum Gasteiger partial charge on any atom is -0.373 e. The highest BCUT2D eigenvalue weighted by Gasteiger charge is 2.03. The fourth-order valence-corrected chi connectivity index (χ4v) is 0.994. The highest BCUT2D eigenvalue weighted by molar-refractivity contribution is 5.11. The van der Waals surface area contributed by atoms with Crippen molar-refractivity contribution in [1.29, 1.82) is 0 Å². The summed E-state index contributed by atoms with van der Waals surface area (Å²) in [5, 5.41) is 3.04. The van der Waals surface area contributed by atoms with Crippen LogP contribution in [-0.2, 0) is 4.74 Å². The van der Waals surface area contributed by atoms with Crippen LogP contribution in [0.5, 0.6) is 0 Å². The van der Waals surface area contributed by atoms with Crippen LogP contribution in [0.3, 0.4) is 0 Å². The topological polar surface area (TPSA) is 21.3 Å². The van der Waals surface area contributed by atoms with E-state index in [9.17, 15) is 0 Å². The van der Waals surface area contributed by atoms with Crippen LogP contribution in [-0.4, -0.2) is 26.3 Å². The van der Waals surface area contributed by atoms with E-state index in [1.165, 1.54) is 0 Å². The predicted molar refractivity (Wildman–Crippen MR) is 46.6 cm³/mol. The lowest BCUT2D eigenvalue weighted by Gasteiger charge is -2.13. The van der Waals surface area contributed by atoms with Crippen LogP contribution >= 0.6 is 0 Å². The standard InChI is InChI=1S/C9H15NO/c1-10-7-8-11-9-5-3-2-4-6-9/h2-5,9-10H,6-8H2,1H3/t9-/m1/s1. The summed E-state index contributed by atoms with van der Waals surface area (Å²) in [6.45, 7) is 1.72. The van der Waals surface area contributed by atoms with E-state index in [-0.39, 0.29) is 0 Å². The largest absolute Gasteiger partial charge is 0.373 e. The van der Waals surface area contributed by atoms with Gasteiger partial charge in [0, 0.05) is 6.54 Å². The van der Waals surface area contributed by atoms with Crippen molar-refractivity contribution in [3.63, 3.8) is 0 Å². The second-order valence-electron chi connectivity index (χ2n) is 2.56. The molecule has 0 fully saturated rings. The van der Waals surface area contributed by atoms with Crippen LogP contribution in [0.1, 0.15) is 6.42 Å². The SMILES string of the molecule is CNCCO[C@@H]1C=CC=CC1. The first kappa shape index (κ1) is 8.50. The molecule has 0 aromatic carbocycles. The highest BCUT2D eigenvalue weighted by atomic mass is 16.5. The summed E-state index contributed by atoms with van der Waals surface area (Å²) < 4.78 is 5.52. The Morgan fingerprint density at radius 3 is 3.09 bits per heavy atom. The summed E-state index contributed by atoms with van der Waals surface area (Å²) >= 11 is 0. The first-order valence-electron chi connectivity index (χ1n) is 4.03. The monoisotopic (exact) mass is 153 g/mol. The van der Waals surface area contributed by atoms with E-state index in [1.807, 2.05) is 13.1 Å². The zero-order valence-corrected chi connectivity index (χ0v) is 6.92. The normalized spacial score (nSPS) is 22.5. The lowest BCUT2D eigenvalue weighted by Crippen LogP contribution is -2.19. The first-order chi connectivity index (χ1) is 5.43. The molecule has 1 aliphatic carbocycles. The Balaban J connectivity index is 2.07. The Bertz CT molecular complexity index is 152. The molecule has 0 bridgehead atoms. The van der Waals surface area contributed by atoms with E-state index in [1.54, 1.807) is 0 Å². The molecule has 0 radical (unpaired) electrons. The highest BCUT2D eigenvalue weighted by Crippen LogP contribution is 2.06. The summed E-state index contributed by atoms with van der Waals surface area (Å²) in [6, 6.07) is 0. The van der Waals surface area contributed by atoms with Gasteiger partial charge in [0.25, 0.3) is 0 Å². The van der Waals surface area contributed by atoms with Crippen LogP contribution in [0.25, 0.3) is 0 Å². The second kappa shape index (κ2) is 5.10. The molecule has 2 heteroatoms. The van der Waals surface area contributed by atoms with Gasteiger partial charge in [-0.3, -0.25) is 0 Å². The molecule has 0 aromatic rings. The lowest BCUT2D eigenvalue weighted by molar-refractivity contribution is 0.0894. The van der Waals surface area contributed by atoms with Crippen molar-refractivity contribution in [2.45, 2.75) is 12.5 Å². The van der Waals surface area contributed by atoms with Gasteiger partial charge in [-0.1, -0.05) is 24.3 Å². The molecular weight excluding hydrogens is 138 g/mol. The molecule has 0 amide bonds.